The molecule has 160 valence electrons. The van der Waals surface area contributed by atoms with Crippen LogP contribution >= 0.6 is 0 Å². The molecule has 3 heterocycles. The van der Waals surface area contributed by atoms with E-state index in [-0.39, 0.29) is 5.91 Å². The monoisotopic (exact) mass is 409 g/mol. The van der Waals surface area contributed by atoms with Crippen LogP contribution in [0.3, 0.4) is 0 Å². The number of rotatable bonds is 4. The van der Waals surface area contributed by atoms with E-state index in [1.807, 2.05) is 4.90 Å². The summed E-state index contributed by atoms with van der Waals surface area (Å²) in [6.45, 7) is 7.53. The quantitative estimate of drug-likeness (QED) is 0.621. The minimum atomic E-state index is -0.0411. The fourth-order valence-corrected chi connectivity index (χ4v) is 4.21. The molecule has 1 N–H and O–H groups in total. The Morgan fingerprint density at radius 3 is 2.67 bits per heavy atom. The molecule has 1 amide bonds. The zero-order valence-electron chi connectivity index (χ0n) is 17.9. The first kappa shape index (κ1) is 20.3. The molecule has 0 saturated carbocycles. The largest absolute Gasteiger partial charge is 0.459 e. The van der Waals surface area contributed by atoms with Crippen LogP contribution in [0.15, 0.2) is 46.0 Å². The van der Waals surface area contributed by atoms with Crippen molar-refractivity contribution in [3.63, 3.8) is 0 Å². The lowest BCUT2D eigenvalue weighted by Crippen LogP contribution is -2.53. The van der Waals surface area contributed by atoms with Crippen molar-refractivity contribution in [1.82, 2.24) is 15.1 Å². The van der Waals surface area contributed by atoms with Gasteiger partial charge in [-0.15, -0.1) is 0 Å². The second-order valence-electron chi connectivity index (χ2n) is 7.91. The molecule has 7 nitrogen and oxygen atoms in total. The molecule has 4 rings (SSSR count). The standard InChI is InChI=1S/C23H31N5O2/c1-3-24-23(25-17-18-8-9-20-19(16-18)6-4-10-26(20)2)28-13-11-27(12-14-28)22(29)21-7-5-15-30-21/h5,7-9,15-16H,3-4,6,10-14,17H2,1-2H3,(H,24,25). The van der Waals surface area contributed by atoms with Crippen LogP contribution in [0.5, 0.6) is 0 Å². The number of piperazine rings is 1. The number of aryl methyl sites for hydroxylation is 1. The number of anilines is 1. The van der Waals surface area contributed by atoms with Crippen molar-refractivity contribution >= 4 is 17.6 Å². The third kappa shape index (κ3) is 4.45. The third-order valence-electron chi connectivity index (χ3n) is 5.84. The number of benzene rings is 1. The molecule has 0 spiro atoms. The predicted molar refractivity (Wildman–Crippen MR) is 119 cm³/mol. The summed E-state index contributed by atoms with van der Waals surface area (Å²) < 4.78 is 5.25. The maximum Gasteiger partial charge on any atom is 0.289 e. The Morgan fingerprint density at radius 1 is 1.13 bits per heavy atom. The van der Waals surface area contributed by atoms with Crippen LogP contribution in [0.2, 0.25) is 0 Å². The molecule has 0 bridgehead atoms. The average molecular weight is 410 g/mol. The van der Waals surface area contributed by atoms with E-state index < -0.39 is 0 Å². The van der Waals surface area contributed by atoms with Gasteiger partial charge in [-0.2, -0.15) is 0 Å². The number of aliphatic imine (C=N–C) groups is 1. The fraction of sp³-hybridized carbons (Fsp3) is 0.478. The summed E-state index contributed by atoms with van der Waals surface area (Å²) in [5.41, 5.74) is 4.01. The molecule has 2 aromatic rings. The van der Waals surface area contributed by atoms with Crippen molar-refractivity contribution in [3.05, 3.63) is 53.5 Å². The molecule has 0 aliphatic carbocycles. The molecule has 1 fully saturated rings. The highest BCUT2D eigenvalue weighted by Crippen LogP contribution is 2.27. The number of nitrogens with one attached hydrogen (secondary N) is 1. The SMILES string of the molecule is CCNC(=NCc1ccc2c(c1)CCCN2C)N1CCN(C(=O)c2ccco2)CC1. The van der Waals surface area contributed by atoms with Crippen molar-refractivity contribution in [3.8, 4) is 0 Å². The van der Waals surface area contributed by atoms with Gasteiger partial charge in [-0.3, -0.25) is 4.79 Å². The number of guanidine groups is 1. The van der Waals surface area contributed by atoms with Gasteiger partial charge in [0.2, 0.25) is 0 Å². The maximum absolute atomic E-state index is 12.5. The van der Waals surface area contributed by atoms with Gasteiger partial charge < -0.3 is 24.4 Å². The summed E-state index contributed by atoms with van der Waals surface area (Å²) in [7, 11) is 2.16. The van der Waals surface area contributed by atoms with Crippen molar-refractivity contribution in [2.24, 2.45) is 4.99 Å². The van der Waals surface area contributed by atoms with Crippen LogP contribution in [0.1, 0.15) is 35.0 Å². The van der Waals surface area contributed by atoms with Gasteiger partial charge in [0, 0.05) is 52.0 Å². The Hall–Kier alpha value is -2.96. The van der Waals surface area contributed by atoms with Gasteiger partial charge in [0.05, 0.1) is 12.8 Å². The molecule has 2 aliphatic heterocycles. The molecule has 1 saturated heterocycles. The van der Waals surface area contributed by atoms with Crippen LogP contribution in [0, 0.1) is 0 Å². The fourth-order valence-electron chi connectivity index (χ4n) is 4.21. The Balaban J connectivity index is 1.39. The summed E-state index contributed by atoms with van der Waals surface area (Å²) in [5, 5.41) is 3.41. The minimum absolute atomic E-state index is 0.0411. The topological polar surface area (TPSA) is 64.3 Å². The van der Waals surface area contributed by atoms with Crippen molar-refractivity contribution < 1.29 is 9.21 Å². The summed E-state index contributed by atoms with van der Waals surface area (Å²) in [5.74, 6) is 1.28. The number of furan rings is 1. The first-order valence-corrected chi connectivity index (χ1v) is 10.8. The molecule has 0 radical (unpaired) electrons. The van der Waals surface area contributed by atoms with Crippen LogP contribution < -0.4 is 10.2 Å². The third-order valence-corrected chi connectivity index (χ3v) is 5.84. The molecule has 1 aromatic heterocycles. The normalized spacial score (nSPS) is 17.1. The van der Waals surface area contributed by atoms with Gasteiger partial charge >= 0.3 is 0 Å². The molecule has 2 aliphatic rings. The second kappa shape index (κ2) is 9.24. The van der Waals surface area contributed by atoms with Crippen molar-refractivity contribution in [2.75, 3.05) is 51.2 Å². The molecular weight excluding hydrogens is 378 g/mol. The molecular formula is C23H31N5O2. The van der Waals surface area contributed by atoms with E-state index in [1.165, 1.54) is 29.5 Å². The van der Waals surface area contributed by atoms with Crippen molar-refractivity contribution in [1.29, 1.82) is 0 Å². The minimum Gasteiger partial charge on any atom is -0.459 e. The van der Waals surface area contributed by atoms with Crippen LogP contribution in [-0.2, 0) is 13.0 Å². The number of carbonyl (C=O) groups excluding carboxylic acids is 1. The Labute approximate surface area is 178 Å². The average Bonchev–Trinajstić information content (AvgIpc) is 3.31. The van der Waals surface area contributed by atoms with Crippen molar-refractivity contribution in [2.45, 2.75) is 26.3 Å². The van der Waals surface area contributed by atoms with E-state index in [0.717, 1.165) is 38.6 Å². The highest BCUT2D eigenvalue weighted by atomic mass is 16.3. The van der Waals surface area contributed by atoms with E-state index in [4.69, 9.17) is 9.41 Å². The molecule has 0 unspecified atom stereocenters. The molecule has 7 heteroatoms. The summed E-state index contributed by atoms with van der Waals surface area (Å²) in [6, 6.07) is 10.2. The number of nitrogens with zero attached hydrogens (tertiary/aromatic N) is 4. The van der Waals surface area contributed by atoms with Gasteiger partial charge in [-0.1, -0.05) is 12.1 Å². The summed E-state index contributed by atoms with van der Waals surface area (Å²) in [6.07, 6.45) is 3.89. The first-order valence-electron chi connectivity index (χ1n) is 10.8. The van der Waals surface area contributed by atoms with E-state index in [9.17, 15) is 4.79 Å². The summed E-state index contributed by atoms with van der Waals surface area (Å²) in [4.78, 5) is 23.8. The number of hydrogen-bond acceptors (Lipinski definition) is 4. The van der Waals surface area contributed by atoms with E-state index in [0.29, 0.717) is 25.4 Å². The number of hydrogen-bond donors (Lipinski definition) is 1. The van der Waals surface area contributed by atoms with E-state index in [1.54, 1.807) is 12.1 Å². The van der Waals surface area contributed by atoms with Gasteiger partial charge in [0.15, 0.2) is 11.7 Å². The zero-order valence-corrected chi connectivity index (χ0v) is 17.9. The Bertz CT molecular complexity index is 885. The van der Waals surface area contributed by atoms with Gasteiger partial charge in [-0.05, 0) is 49.1 Å². The summed E-state index contributed by atoms with van der Waals surface area (Å²) >= 11 is 0. The predicted octanol–water partition coefficient (Wildman–Crippen LogP) is 2.59. The van der Waals surface area contributed by atoms with Gasteiger partial charge in [-0.25, -0.2) is 4.99 Å². The molecule has 1 aromatic carbocycles. The lowest BCUT2D eigenvalue weighted by molar-refractivity contribution is 0.0657. The van der Waals surface area contributed by atoms with Crippen LogP contribution in [0.25, 0.3) is 0 Å². The van der Waals surface area contributed by atoms with E-state index >= 15 is 0 Å². The molecule has 0 atom stereocenters. The highest BCUT2D eigenvalue weighted by molar-refractivity contribution is 5.91. The lowest BCUT2D eigenvalue weighted by Gasteiger charge is -2.36. The highest BCUT2D eigenvalue weighted by Gasteiger charge is 2.25. The zero-order chi connectivity index (χ0) is 20.9. The number of fused-ring (bicyclic) bond motifs is 1. The van der Waals surface area contributed by atoms with E-state index in [2.05, 4.69) is 47.3 Å². The molecule has 30 heavy (non-hydrogen) atoms. The maximum atomic E-state index is 12.5. The second-order valence-corrected chi connectivity index (χ2v) is 7.91. The first-order chi connectivity index (χ1) is 14.7. The van der Waals surface area contributed by atoms with Crippen LogP contribution in [-0.4, -0.2) is 68.0 Å². The number of amides is 1. The van der Waals surface area contributed by atoms with Gasteiger partial charge in [0.1, 0.15) is 0 Å². The lowest BCUT2D eigenvalue weighted by atomic mass is 10.00. The van der Waals surface area contributed by atoms with Crippen LogP contribution in [0.4, 0.5) is 5.69 Å². The smallest absolute Gasteiger partial charge is 0.289 e. The Morgan fingerprint density at radius 2 is 1.93 bits per heavy atom. The van der Waals surface area contributed by atoms with Gasteiger partial charge in [0.25, 0.3) is 5.91 Å². The number of carbonyl (C=O) groups is 1. The Kier molecular flexibility index (Phi) is 6.26.